The third kappa shape index (κ3) is 4.30. The molecule has 33 heavy (non-hydrogen) atoms. The highest BCUT2D eigenvalue weighted by Gasteiger charge is 2.24. The molecule has 4 aromatic rings. The highest BCUT2D eigenvalue weighted by atomic mass is 35.5. The number of ether oxygens (including phenoxy) is 1. The van der Waals surface area contributed by atoms with E-state index in [0.29, 0.717) is 27.1 Å². The summed E-state index contributed by atoms with van der Waals surface area (Å²) >= 11 is 12.3. The number of hydrogen-bond donors (Lipinski definition) is 2. The molecule has 166 valence electrons. The van der Waals surface area contributed by atoms with Crippen LogP contribution < -0.4 is 15.4 Å². The Bertz CT molecular complexity index is 1380. The molecule has 0 radical (unpaired) electrons. The van der Waals surface area contributed by atoms with Gasteiger partial charge in [0.05, 0.1) is 10.7 Å². The van der Waals surface area contributed by atoms with E-state index < -0.39 is 0 Å². The van der Waals surface area contributed by atoms with Crippen LogP contribution in [0.15, 0.2) is 71.1 Å². The smallest absolute Gasteiger partial charge is 0.291 e. The Labute approximate surface area is 201 Å². The Kier molecular flexibility index (Phi) is 5.52. The van der Waals surface area contributed by atoms with Crippen molar-refractivity contribution in [2.75, 3.05) is 10.6 Å². The summed E-state index contributed by atoms with van der Waals surface area (Å²) < 4.78 is 11.8. The minimum absolute atomic E-state index is 0.166. The first-order chi connectivity index (χ1) is 15.9. The Morgan fingerprint density at radius 2 is 1.79 bits per heavy atom. The quantitative estimate of drug-likeness (QED) is 0.316. The molecule has 0 saturated carbocycles. The van der Waals surface area contributed by atoms with Crippen molar-refractivity contribution >= 4 is 40.5 Å². The largest absolute Gasteiger partial charge is 0.464 e. The van der Waals surface area contributed by atoms with Gasteiger partial charge >= 0.3 is 0 Å². The standard InChI is InChI=1S/C26H20Cl2N2O3/c1-14-3-4-16(11-15(14)2)26-30-21-13-18(6-8-23(21)33-26)29-25(31)24-10-9-22(32-24)19-12-17(27)5-7-20(19)28/h3-13,26,30H,1-2H3,(H,29,31). The fourth-order valence-corrected chi connectivity index (χ4v) is 4.07. The van der Waals surface area contributed by atoms with Crippen molar-refractivity contribution in [1.82, 2.24) is 0 Å². The zero-order chi connectivity index (χ0) is 23.1. The molecule has 1 aliphatic rings. The molecule has 3 aromatic carbocycles. The van der Waals surface area contributed by atoms with Gasteiger partial charge in [-0.05, 0) is 73.5 Å². The monoisotopic (exact) mass is 478 g/mol. The summed E-state index contributed by atoms with van der Waals surface area (Å²) in [6.45, 7) is 4.16. The lowest BCUT2D eigenvalue weighted by atomic mass is 10.1. The van der Waals surface area contributed by atoms with E-state index in [9.17, 15) is 4.79 Å². The van der Waals surface area contributed by atoms with Gasteiger partial charge < -0.3 is 19.8 Å². The van der Waals surface area contributed by atoms with E-state index >= 15 is 0 Å². The minimum Gasteiger partial charge on any atom is -0.464 e. The van der Waals surface area contributed by atoms with Gasteiger partial charge in [0.2, 0.25) is 0 Å². The summed E-state index contributed by atoms with van der Waals surface area (Å²) in [5, 5.41) is 7.25. The third-order valence-electron chi connectivity index (χ3n) is 5.63. The second-order valence-electron chi connectivity index (χ2n) is 7.94. The Morgan fingerprint density at radius 3 is 2.61 bits per heavy atom. The van der Waals surface area contributed by atoms with Crippen molar-refractivity contribution in [2.45, 2.75) is 20.1 Å². The number of fused-ring (bicyclic) bond motifs is 1. The van der Waals surface area contributed by atoms with Gasteiger partial charge in [0.1, 0.15) is 11.5 Å². The van der Waals surface area contributed by atoms with E-state index in [1.807, 2.05) is 12.1 Å². The number of rotatable bonds is 4. The molecule has 1 atom stereocenters. The maximum atomic E-state index is 12.8. The average Bonchev–Trinajstić information content (AvgIpc) is 3.44. The Hall–Kier alpha value is -3.41. The molecule has 0 spiro atoms. The van der Waals surface area contributed by atoms with E-state index in [1.165, 1.54) is 11.1 Å². The molecule has 2 heterocycles. The molecule has 1 aliphatic heterocycles. The fourth-order valence-electron chi connectivity index (χ4n) is 3.68. The first-order valence-corrected chi connectivity index (χ1v) is 11.1. The molecule has 1 aromatic heterocycles. The van der Waals surface area contributed by atoms with Crippen molar-refractivity contribution in [3.8, 4) is 17.1 Å². The Balaban J connectivity index is 1.31. The number of halogens is 2. The molecular weight excluding hydrogens is 459 g/mol. The molecule has 0 fully saturated rings. The van der Waals surface area contributed by atoms with E-state index in [1.54, 1.807) is 36.4 Å². The van der Waals surface area contributed by atoms with Crippen molar-refractivity contribution in [2.24, 2.45) is 0 Å². The summed E-state index contributed by atoms with van der Waals surface area (Å²) in [7, 11) is 0. The molecule has 1 amide bonds. The molecule has 1 unspecified atom stereocenters. The maximum Gasteiger partial charge on any atom is 0.291 e. The lowest BCUT2D eigenvalue weighted by Crippen LogP contribution is -2.11. The van der Waals surface area contributed by atoms with Crippen LogP contribution in [0.2, 0.25) is 10.0 Å². The van der Waals surface area contributed by atoms with Crippen LogP contribution in [0.25, 0.3) is 11.3 Å². The normalized spacial score (nSPS) is 14.4. The van der Waals surface area contributed by atoms with E-state index in [4.69, 9.17) is 32.4 Å². The SMILES string of the molecule is Cc1ccc(C2Nc3cc(NC(=O)c4ccc(-c5cc(Cl)ccc5Cl)o4)ccc3O2)cc1C. The third-order valence-corrected chi connectivity index (χ3v) is 6.19. The van der Waals surface area contributed by atoms with Crippen LogP contribution in [0, 0.1) is 13.8 Å². The van der Waals surface area contributed by atoms with Crippen molar-refractivity contribution in [3.05, 3.63) is 99.2 Å². The van der Waals surface area contributed by atoms with Gasteiger partial charge in [-0.3, -0.25) is 4.79 Å². The molecule has 7 heteroatoms. The van der Waals surface area contributed by atoms with Crippen molar-refractivity contribution in [1.29, 1.82) is 0 Å². The van der Waals surface area contributed by atoms with E-state index in [0.717, 1.165) is 17.0 Å². The van der Waals surface area contributed by atoms with E-state index in [-0.39, 0.29) is 17.9 Å². The van der Waals surface area contributed by atoms with Crippen LogP contribution in [-0.4, -0.2) is 5.91 Å². The highest BCUT2D eigenvalue weighted by Crippen LogP contribution is 2.40. The second-order valence-corrected chi connectivity index (χ2v) is 8.78. The Morgan fingerprint density at radius 1 is 0.939 bits per heavy atom. The van der Waals surface area contributed by atoms with Gasteiger partial charge in [0, 0.05) is 21.8 Å². The number of carbonyl (C=O) groups is 1. The van der Waals surface area contributed by atoms with Crippen LogP contribution in [0.1, 0.15) is 33.5 Å². The van der Waals surface area contributed by atoms with Gasteiger partial charge in [-0.1, -0.05) is 41.4 Å². The zero-order valence-electron chi connectivity index (χ0n) is 17.9. The number of benzene rings is 3. The van der Waals surface area contributed by atoms with Crippen molar-refractivity contribution < 1.29 is 13.9 Å². The van der Waals surface area contributed by atoms with Gasteiger partial charge in [0.15, 0.2) is 12.0 Å². The highest BCUT2D eigenvalue weighted by molar-refractivity contribution is 6.35. The minimum atomic E-state index is -0.371. The number of nitrogens with one attached hydrogen (secondary N) is 2. The number of carbonyl (C=O) groups excluding carboxylic acids is 1. The number of anilines is 2. The molecule has 5 rings (SSSR count). The predicted octanol–water partition coefficient (Wildman–Crippen LogP) is 7.63. The summed E-state index contributed by atoms with van der Waals surface area (Å²) in [6.07, 6.45) is -0.277. The fraction of sp³-hybridized carbons (Fsp3) is 0.115. The lowest BCUT2D eigenvalue weighted by Gasteiger charge is -2.13. The van der Waals surface area contributed by atoms with Gasteiger partial charge in [-0.15, -0.1) is 0 Å². The van der Waals surface area contributed by atoms with Gasteiger partial charge in [-0.2, -0.15) is 0 Å². The molecule has 5 nitrogen and oxygen atoms in total. The summed E-state index contributed by atoms with van der Waals surface area (Å²) in [5.41, 5.74) is 5.54. The molecule has 0 bridgehead atoms. The zero-order valence-corrected chi connectivity index (χ0v) is 19.4. The summed E-state index contributed by atoms with van der Waals surface area (Å²) in [4.78, 5) is 12.8. The lowest BCUT2D eigenvalue weighted by molar-refractivity contribution is 0.0997. The number of amides is 1. The van der Waals surface area contributed by atoms with Gasteiger partial charge in [0.25, 0.3) is 5.91 Å². The van der Waals surface area contributed by atoms with Crippen LogP contribution in [0.3, 0.4) is 0 Å². The summed E-state index contributed by atoms with van der Waals surface area (Å²) in [6, 6.07) is 20.1. The maximum absolute atomic E-state index is 12.8. The van der Waals surface area contributed by atoms with Crippen LogP contribution in [-0.2, 0) is 0 Å². The predicted molar refractivity (Wildman–Crippen MR) is 131 cm³/mol. The summed E-state index contributed by atoms with van der Waals surface area (Å²) in [5.74, 6) is 0.989. The van der Waals surface area contributed by atoms with Crippen LogP contribution in [0.4, 0.5) is 11.4 Å². The second kappa shape index (κ2) is 8.50. The van der Waals surface area contributed by atoms with Crippen molar-refractivity contribution in [3.63, 3.8) is 0 Å². The molecule has 0 aliphatic carbocycles. The first kappa shape index (κ1) is 21.4. The van der Waals surface area contributed by atoms with E-state index in [2.05, 4.69) is 42.7 Å². The average molecular weight is 479 g/mol. The number of hydrogen-bond acceptors (Lipinski definition) is 4. The van der Waals surface area contributed by atoms with Crippen LogP contribution >= 0.6 is 23.2 Å². The van der Waals surface area contributed by atoms with Gasteiger partial charge in [-0.25, -0.2) is 0 Å². The number of aryl methyl sites for hydroxylation is 2. The molecule has 0 saturated heterocycles. The first-order valence-electron chi connectivity index (χ1n) is 10.4. The number of furan rings is 1. The van der Waals surface area contributed by atoms with Crippen LogP contribution in [0.5, 0.6) is 5.75 Å². The topological polar surface area (TPSA) is 63.5 Å². The molecular formula is C26H20Cl2N2O3. The molecule has 2 N–H and O–H groups in total.